The van der Waals surface area contributed by atoms with Crippen LogP contribution in [0.2, 0.25) is 0 Å². The van der Waals surface area contributed by atoms with E-state index in [1.54, 1.807) is 11.3 Å². The molecule has 92 valence electrons. The van der Waals surface area contributed by atoms with Crippen molar-refractivity contribution < 1.29 is 0 Å². The van der Waals surface area contributed by atoms with Crippen LogP contribution in [0.25, 0.3) is 0 Å². The molecule has 0 fully saturated rings. The highest BCUT2D eigenvalue weighted by atomic mass is 79.9. The zero-order chi connectivity index (χ0) is 12.0. The molecule has 1 rings (SSSR count). The van der Waals surface area contributed by atoms with Gasteiger partial charge in [0.15, 0.2) is 0 Å². The number of rotatable bonds is 7. The minimum Gasteiger partial charge on any atom is -0.310 e. The summed E-state index contributed by atoms with van der Waals surface area (Å²) in [4.78, 5) is 2.24. The highest BCUT2D eigenvalue weighted by molar-refractivity contribution is 9.10. The molecule has 0 radical (unpaired) electrons. The Morgan fingerprint density at radius 1 is 1.44 bits per heavy atom. The molecule has 0 aliphatic heterocycles. The van der Waals surface area contributed by atoms with Crippen LogP contribution in [0.1, 0.15) is 31.4 Å². The number of thiophene rings is 1. The molecule has 0 bridgehead atoms. The molecule has 1 unspecified atom stereocenters. The third-order valence-electron chi connectivity index (χ3n) is 2.52. The van der Waals surface area contributed by atoms with E-state index in [-0.39, 0.29) is 0 Å². The topological polar surface area (TPSA) is 15.3 Å². The summed E-state index contributed by atoms with van der Waals surface area (Å²) in [7, 11) is 4.25. The molecular weight excluding hydrogens is 284 g/mol. The second-order valence-corrected chi connectivity index (χ2v) is 5.87. The number of halogens is 1. The van der Waals surface area contributed by atoms with Gasteiger partial charge >= 0.3 is 0 Å². The van der Waals surface area contributed by atoms with Crippen LogP contribution in [0.4, 0.5) is 0 Å². The maximum Gasteiger partial charge on any atom is 0.0351 e. The van der Waals surface area contributed by atoms with Crippen molar-refractivity contribution in [2.75, 3.05) is 27.2 Å². The highest BCUT2D eigenvalue weighted by Crippen LogP contribution is 2.29. The minimum atomic E-state index is 0.475. The molecule has 0 aliphatic carbocycles. The van der Waals surface area contributed by atoms with E-state index in [1.165, 1.54) is 16.5 Å². The average Bonchev–Trinajstić information content (AvgIpc) is 2.65. The lowest BCUT2D eigenvalue weighted by Crippen LogP contribution is -2.26. The fourth-order valence-electron chi connectivity index (χ4n) is 1.61. The lowest BCUT2D eigenvalue weighted by molar-refractivity contribution is 0.361. The van der Waals surface area contributed by atoms with Crippen molar-refractivity contribution in [3.8, 4) is 0 Å². The first kappa shape index (κ1) is 14.2. The van der Waals surface area contributed by atoms with Gasteiger partial charge in [0.25, 0.3) is 0 Å². The molecule has 0 spiro atoms. The summed E-state index contributed by atoms with van der Waals surface area (Å²) < 4.78 is 1.24. The molecule has 0 saturated carbocycles. The Morgan fingerprint density at radius 3 is 2.69 bits per heavy atom. The van der Waals surface area contributed by atoms with Gasteiger partial charge in [-0.3, -0.25) is 0 Å². The molecule has 16 heavy (non-hydrogen) atoms. The van der Waals surface area contributed by atoms with Crippen molar-refractivity contribution in [2.24, 2.45) is 0 Å². The SMILES string of the molecule is CCCNC(CCN(C)C)c1cscc1Br. The van der Waals surface area contributed by atoms with Crippen LogP contribution in [-0.4, -0.2) is 32.1 Å². The number of nitrogens with one attached hydrogen (secondary N) is 1. The van der Waals surface area contributed by atoms with E-state index in [2.05, 4.69) is 57.9 Å². The van der Waals surface area contributed by atoms with Gasteiger partial charge in [-0.15, -0.1) is 0 Å². The van der Waals surface area contributed by atoms with Crippen molar-refractivity contribution in [1.29, 1.82) is 0 Å². The zero-order valence-electron chi connectivity index (χ0n) is 10.3. The second kappa shape index (κ2) is 7.43. The van der Waals surface area contributed by atoms with Crippen molar-refractivity contribution >= 4 is 27.3 Å². The van der Waals surface area contributed by atoms with Crippen molar-refractivity contribution in [3.05, 3.63) is 20.8 Å². The van der Waals surface area contributed by atoms with Gasteiger partial charge in [0.1, 0.15) is 0 Å². The van der Waals surface area contributed by atoms with Crippen LogP contribution in [0, 0.1) is 0 Å². The van der Waals surface area contributed by atoms with Crippen molar-refractivity contribution in [2.45, 2.75) is 25.8 Å². The fourth-order valence-corrected chi connectivity index (χ4v) is 3.24. The van der Waals surface area contributed by atoms with E-state index in [1.807, 2.05) is 0 Å². The molecule has 1 aromatic rings. The predicted octanol–water partition coefficient (Wildman–Crippen LogP) is 3.50. The van der Waals surface area contributed by atoms with Gasteiger partial charge in [0.2, 0.25) is 0 Å². The highest BCUT2D eigenvalue weighted by Gasteiger charge is 2.14. The standard InChI is InChI=1S/C12H21BrN2S/c1-4-6-14-12(5-7-15(2)3)10-8-16-9-11(10)13/h8-9,12,14H,4-7H2,1-3H3. The monoisotopic (exact) mass is 304 g/mol. The number of hydrogen-bond donors (Lipinski definition) is 1. The first-order valence-corrected chi connectivity index (χ1v) is 7.48. The van der Waals surface area contributed by atoms with Crippen LogP contribution < -0.4 is 5.32 Å². The molecule has 1 atom stereocenters. The van der Waals surface area contributed by atoms with Gasteiger partial charge in [0.05, 0.1) is 0 Å². The van der Waals surface area contributed by atoms with E-state index in [4.69, 9.17) is 0 Å². The van der Waals surface area contributed by atoms with Gasteiger partial charge in [0, 0.05) is 15.9 Å². The van der Waals surface area contributed by atoms with Crippen LogP contribution in [0.3, 0.4) is 0 Å². The lowest BCUT2D eigenvalue weighted by atomic mass is 10.1. The third-order valence-corrected chi connectivity index (χ3v) is 4.28. The molecule has 0 aliphatic rings. The van der Waals surface area contributed by atoms with Crippen LogP contribution >= 0.6 is 27.3 Å². The first-order chi connectivity index (χ1) is 7.65. The normalized spacial score (nSPS) is 13.3. The summed E-state index contributed by atoms with van der Waals surface area (Å²) in [6, 6.07) is 0.475. The predicted molar refractivity (Wildman–Crippen MR) is 76.2 cm³/mol. The van der Waals surface area contributed by atoms with Gasteiger partial charge in [-0.2, -0.15) is 11.3 Å². The largest absolute Gasteiger partial charge is 0.310 e. The Bertz CT molecular complexity index is 299. The molecule has 0 amide bonds. The molecule has 0 saturated heterocycles. The summed E-state index contributed by atoms with van der Waals surface area (Å²) in [5.41, 5.74) is 1.40. The van der Waals surface area contributed by atoms with Crippen LogP contribution in [0.15, 0.2) is 15.2 Å². The van der Waals surface area contributed by atoms with Gasteiger partial charge in [-0.25, -0.2) is 0 Å². The molecule has 2 nitrogen and oxygen atoms in total. The van der Waals surface area contributed by atoms with Crippen LogP contribution in [-0.2, 0) is 0 Å². The van der Waals surface area contributed by atoms with Crippen LogP contribution in [0.5, 0.6) is 0 Å². The van der Waals surface area contributed by atoms with Crippen molar-refractivity contribution in [1.82, 2.24) is 10.2 Å². The van der Waals surface area contributed by atoms with Gasteiger partial charge in [-0.05, 0) is 66.9 Å². The molecule has 1 N–H and O–H groups in total. The fraction of sp³-hybridized carbons (Fsp3) is 0.667. The molecular formula is C12H21BrN2S. The second-order valence-electron chi connectivity index (χ2n) is 4.27. The smallest absolute Gasteiger partial charge is 0.0351 e. The average molecular weight is 305 g/mol. The van der Waals surface area contributed by atoms with E-state index in [9.17, 15) is 0 Å². The quantitative estimate of drug-likeness (QED) is 0.829. The summed E-state index contributed by atoms with van der Waals surface area (Å²) in [6.07, 6.45) is 2.34. The summed E-state index contributed by atoms with van der Waals surface area (Å²) >= 11 is 5.38. The van der Waals surface area contributed by atoms with E-state index in [0.717, 1.165) is 19.5 Å². The Balaban J connectivity index is 2.60. The van der Waals surface area contributed by atoms with E-state index < -0.39 is 0 Å². The maximum atomic E-state index is 3.62. The third kappa shape index (κ3) is 4.53. The first-order valence-electron chi connectivity index (χ1n) is 5.74. The molecule has 0 aromatic carbocycles. The summed E-state index contributed by atoms with van der Waals surface area (Å²) in [6.45, 7) is 4.41. The Kier molecular flexibility index (Phi) is 6.58. The Labute approximate surface area is 111 Å². The molecule has 1 heterocycles. The molecule has 1 aromatic heterocycles. The molecule has 4 heteroatoms. The van der Waals surface area contributed by atoms with E-state index in [0.29, 0.717) is 6.04 Å². The summed E-state index contributed by atoms with van der Waals surface area (Å²) in [5, 5.41) is 8.02. The summed E-state index contributed by atoms with van der Waals surface area (Å²) in [5.74, 6) is 0. The number of hydrogen-bond acceptors (Lipinski definition) is 3. The van der Waals surface area contributed by atoms with Gasteiger partial charge < -0.3 is 10.2 Å². The maximum absolute atomic E-state index is 3.62. The number of nitrogens with zero attached hydrogens (tertiary/aromatic N) is 1. The Hall–Kier alpha value is 0.100. The van der Waals surface area contributed by atoms with Gasteiger partial charge in [-0.1, -0.05) is 6.92 Å². The Morgan fingerprint density at radius 2 is 2.19 bits per heavy atom. The lowest BCUT2D eigenvalue weighted by Gasteiger charge is -2.20. The van der Waals surface area contributed by atoms with Crippen molar-refractivity contribution in [3.63, 3.8) is 0 Å². The zero-order valence-corrected chi connectivity index (χ0v) is 12.7. The van der Waals surface area contributed by atoms with E-state index >= 15 is 0 Å². The minimum absolute atomic E-state index is 0.475.